The van der Waals surface area contributed by atoms with Gasteiger partial charge in [0.15, 0.2) is 0 Å². The van der Waals surface area contributed by atoms with E-state index in [2.05, 4.69) is 28.2 Å². The first kappa shape index (κ1) is 13.6. The van der Waals surface area contributed by atoms with E-state index in [0.717, 1.165) is 23.1 Å². The van der Waals surface area contributed by atoms with Gasteiger partial charge in [0.1, 0.15) is 0 Å². The van der Waals surface area contributed by atoms with Crippen molar-refractivity contribution in [3.63, 3.8) is 0 Å². The number of amides is 1. The number of hydrogen-bond acceptors (Lipinski definition) is 2. The summed E-state index contributed by atoms with van der Waals surface area (Å²) >= 11 is 3.43. The van der Waals surface area contributed by atoms with E-state index in [1.165, 1.54) is 0 Å². The van der Waals surface area contributed by atoms with Gasteiger partial charge in [-0.2, -0.15) is 0 Å². The summed E-state index contributed by atoms with van der Waals surface area (Å²) in [6.45, 7) is 5.54. The summed E-state index contributed by atoms with van der Waals surface area (Å²) in [5.74, 6) is 0.426. The van der Waals surface area contributed by atoms with Gasteiger partial charge in [-0.15, -0.1) is 0 Å². The predicted octanol–water partition coefficient (Wildman–Crippen LogP) is 2.91. The standard InChI is InChI=1S/C14H18BrNO2/c1-9-7-11(3-4-13(9)15)14(17)16-8-12-5-6-18-10(12)2/h3-4,7,10,12H,5-6,8H2,1-2H3,(H,16,17). The quantitative estimate of drug-likeness (QED) is 0.932. The number of carbonyl (C=O) groups is 1. The summed E-state index contributed by atoms with van der Waals surface area (Å²) in [7, 11) is 0. The molecule has 3 nitrogen and oxygen atoms in total. The maximum Gasteiger partial charge on any atom is 0.251 e. The first-order chi connectivity index (χ1) is 8.58. The minimum absolute atomic E-state index is 0.00954. The highest BCUT2D eigenvalue weighted by molar-refractivity contribution is 9.10. The fourth-order valence-electron chi connectivity index (χ4n) is 2.16. The first-order valence-corrected chi connectivity index (χ1v) is 7.03. The Morgan fingerprint density at radius 2 is 2.33 bits per heavy atom. The third-order valence-electron chi connectivity index (χ3n) is 3.48. The van der Waals surface area contributed by atoms with E-state index >= 15 is 0 Å². The summed E-state index contributed by atoms with van der Waals surface area (Å²) in [5.41, 5.74) is 1.78. The lowest BCUT2D eigenvalue weighted by Gasteiger charge is -2.14. The fraction of sp³-hybridized carbons (Fsp3) is 0.500. The SMILES string of the molecule is Cc1cc(C(=O)NCC2CCOC2C)ccc1Br. The van der Waals surface area contributed by atoms with Gasteiger partial charge < -0.3 is 10.1 Å². The van der Waals surface area contributed by atoms with E-state index in [0.29, 0.717) is 18.0 Å². The van der Waals surface area contributed by atoms with Crippen molar-refractivity contribution in [1.82, 2.24) is 5.32 Å². The van der Waals surface area contributed by atoms with E-state index < -0.39 is 0 Å². The Morgan fingerprint density at radius 1 is 1.56 bits per heavy atom. The normalized spacial score (nSPS) is 23.1. The smallest absolute Gasteiger partial charge is 0.251 e. The summed E-state index contributed by atoms with van der Waals surface area (Å²) in [6, 6.07) is 5.64. The summed E-state index contributed by atoms with van der Waals surface area (Å²) in [5, 5.41) is 2.98. The maximum absolute atomic E-state index is 12.0. The Labute approximate surface area is 116 Å². The summed E-state index contributed by atoms with van der Waals surface area (Å²) in [6.07, 6.45) is 1.28. The van der Waals surface area contributed by atoms with Gasteiger partial charge in [-0.1, -0.05) is 15.9 Å². The minimum Gasteiger partial charge on any atom is -0.378 e. The van der Waals surface area contributed by atoms with Crippen LogP contribution in [0.25, 0.3) is 0 Å². The second kappa shape index (κ2) is 5.85. The highest BCUT2D eigenvalue weighted by Crippen LogP contribution is 2.20. The highest BCUT2D eigenvalue weighted by atomic mass is 79.9. The second-order valence-electron chi connectivity index (χ2n) is 4.80. The summed E-state index contributed by atoms with van der Waals surface area (Å²) in [4.78, 5) is 12.0. The molecule has 1 aromatic rings. The van der Waals surface area contributed by atoms with Crippen LogP contribution in [0.1, 0.15) is 29.3 Å². The van der Waals surface area contributed by atoms with Crippen LogP contribution < -0.4 is 5.32 Å². The number of ether oxygens (including phenoxy) is 1. The molecule has 1 aliphatic rings. The fourth-order valence-corrected chi connectivity index (χ4v) is 2.40. The third kappa shape index (κ3) is 3.12. The van der Waals surface area contributed by atoms with Crippen molar-refractivity contribution in [2.24, 2.45) is 5.92 Å². The van der Waals surface area contributed by atoms with Crippen molar-refractivity contribution in [2.45, 2.75) is 26.4 Å². The Hall–Kier alpha value is -0.870. The lowest BCUT2D eigenvalue weighted by Crippen LogP contribution is -2.31. The molecule has 0 aromatic heterocycles. The molecule has 0 bridgehead atoms. The second-order valence-corrected chi connectivity index (χ2v) is 5.65. The third-order valence-corrected chi connectivity index (χ3v) is 4.37. The molecular formula is C14H18BrNO2. The lowest BCUT2D eigenvalue weighted by molar-refractivity contribution is 0.0907. The van der Waals surface area contributed by atoms with E-state index in [-0.39, 0.29) is 12.0 Å². The first-order valence-electron chi connectivity index (χ1n) is 6.24. The molecule has 98 valence electrons. The van der Waals surface area contributed by atoms with E-state index in [1.54, 1.807) is 0 Å². The van der Waals surface area contributed by atoms with Gasteiger partial charge in [0.05, 0.1) is 6.10 Å². The van der Waals surface area contributed by atoms with Crippen LogP contribution in [-0.4, -0.2) is 25.2 Å². The molecule has 2 unspecified atom stereocenters. The molecule has 0 radical (unpaired) electrons. The Kier molecular flexibility index (Phi) is 4.40. The van der Waals surface area contributed by atoms with Gasteiger partial charge in [0.25, 0.3) is 5.91 Å². The molecule has 1 aliphatic heterocycles. The number of rotatable bonds is 3. The number of hydrogen-bond donors (Lipinski definition) is 1. The van der Waals surface area contributed by atoms with Crippen LogP contribution in [0.15, 0.2) is 22.7 Å². The molecule has 1 N–H and O–H groups in total. The van der Waals surface area contributed by atoms with Crippen LogP contribution >= 0.6 is 15.9 Å². The van der Waals surface area contributed by atoms with Crippen molar-refractivity contribution in [3.8, 4) is 0 Å². The van der Waals surface area contributed by atoms with Crippen molar-refractivity contribution < 1.29 is 9.53 Å². The average molecular weight is 312 g/mol. The Balaban J connectivity index is 1.93. The molecule has 0 spiro atoms. The molecule has 1 aromatic carbocycles. The molecule has 2 atom stereocenters. The number of nitrogens with one attached hydrogen (secondary N) is 1. The molecule has 2 rings (SSSR count). The lowest BCUT2D eigenvalue weighted by atomic mass is 10.0. The molecule has 4 heteroatoms. The number of aryl methyl sites for hydroxylation is 1. The minimum atomic E-state index is -0.00954. The van der Waals surface area contributed by atoms with Crippen LogP contribution in [0.2, 0.25) is 0 Å². The van der Waals surface area contributed by atoms with Crippen LogP contribution in [0, 0.1) is 12.8 Å². The zero-order valence-corrected chi connectivity index (χ0v) is 12.3. The molecule has 1 heterocycles. The molecular weight excluding hydrogens is 294 g/mol. The number of carbonyl (C=O) groups excluding carboxylic acids is 1. The average Bonchev–Trinajstić information content (AvgIpc) is 2.75. The van der Waals surface area contributed by atoms with E-state index in [4.69, 9.17) is 4.74 Å². The van der Waals surface area contributed by atoms with Gasteiger partial charge >= 0.3 is 0 Å². The highest BCUT2D eigenvalue weighted by Gasteiger charge is 2.24. The van der Waals surface area contributed by atoms with E-state index in [1.807, 2.05) is 25.1 Å². The molecule has 1 saturated heterocycles. The molecule has 18 heavy (non-hydrogen) atoms. The predicted molar refractivity (Wildman–Crippen MR) is 74.7 cm³/mol. The van der Waals surface area contributed by atoms with Crippen LogP contribution in [0.5, 0.6) is 0 Å². The van der Waals surface area contributed by atoms with Crippen LogP contribution in [0.4, 0.5) is 0 Å². The Bertz CT molecular complexity index is 447. The van der Waals surface area contributed by atoms with Crippen molar-refractivity contribution in [2.75, 3.05) is 13.2 Å². The van der Waals surface area contributed by atoms with E-state index in [9.17, 15) is 4.79 Å². The zero-order valence-electron chi connectivity index (χ0n) is 10.7. The zero-order chi connectivity index (χ0) is 13.1. The van der Waals surface area contributed by atoms with Gasteiger partial charge in [-0.3, -0.25) is 4.79 Å². The monoisotopic (exact) mass is 311 g/mol. The molecule has 0 aliphatic carbocycles. The van der Waals surface area contributed by atoms with Crippen LogP contribution in [0.3, 0.4) is 0 Å². The largest absolute Gasteiger partial charge is 0.378 e. The van der Waals surface area contributed by atoms with Gasteiger partial charge in [0, 0.05) is 29.1 Å². The van der Waals surface area contributed by atoms with Crippen molar-refractivity contribution in [1.29, 1.82) is 0 Å². The Morgan fingerprint density at radius 3 is 2.94 bits per heavy atom. The summed E-state index contributed by atoms with van der Waals surface area (Å²) < 4.78 is 6.51. The van der Waals surface area contributed by atoms with Gasteiger partial charge in [-0.05, 0) is 44.0 Å². The topological polar surface area (TPSA) is 38.3 Å². The number of halogens is 1. The van der Waals surface area contributed by atoms with Gasteiger partial charge in [-0.25, -0.2) is 0 Å². The molecule has 1 amide bonds. The van der Waals surface area contributed by atoms with Crippen LogP contribution in [-0.2, 0) is 4.74 Å². The van der Waals surface area contributed by atoms with Crippen molar-refractivity contribution in [3.05, 3.63) is 33.8 Å². The maximum atomic E-state index is 12.0. The molecule has 1 fully saturated rings. The number of benzene rings is 1. The van der Waals surface area contributed by atoms with Gasteiger partial charge in [0.2, 0.25) is 0 Å². The molecule has 0 saturated carbocycles. The van der Waals surface area contributed by atoms with Crippen molar-refractivity contribution >= 4 is 21.8 Å².